The van der Waals surface area contributed by atoms with Crippen molar-refractivity contribution in [2.75, 3.05) is 5.75 Å². The quantitative estimate of drug-likeness (QED) is 0.861. The molecule has 0 unspecified atom stereocenters. The highest BCUT2D eigenvalue weighted by molar-refractivity contribution is 8.03. The molecule has 0 saturated carbocycles. The Labute approximate surface area is 160 Å². The fourth-order valence-electron chi connectivity index (χ4n) is 3.64. The molecule has 2 heterocycles. The maximum absolute atomic E-state index is 13.3. The molecule has 1 saturated heterocycles. The second kappa shape index (κ2) is 6.52. The lowest BCUT2D eigenvalue weighted by atomic mass is 9.85. The van der Waals surface area contributed by atoms with Crippen molar-refractivity contribution < 1.29 is 14.3 Å². The van der Waals surface area contributed by atoms with Crippen LogP contribution in [0.5, 0.6) is 0 Å². The van der Waals surface area contributed by atoms with Crippen LogP contribution in [0.2, 0.25) is 0 Å². The minimum Gasteiger partial charge on any atom is -0.366 e. The number of carbonyl (C=O) groups excluding carboxylic acids is 1. The van der Waals surface area contributed by atoms with E-state index in [1.807, 2.05) is 31.2 Å². The number of carbonyl (C=O) groups is 1. The van der Waals surface area contributed by atoms with Crippen molar-refractivity contribution >= 4 is 17.7 Å². The number of aliphatic hydroxyl groups is 1. The van der Waals surface area contributed by atoms with Crippen LogP contribution in [0.3, 0.4) is 0 Å². The van der Waals surface area contributed by atoms with E-state index in [2.05, 4.69) is 6.07 Å². The summed E-state index contributed by atoms with van der Waals surface area (Å²) in [6.07, 6.45) is 0.111. The van der Waals surface area contributed by atoms with Gasteiger partial charge >= 0.3 is 0 Å². The van der Waals surface area contributed by atoms with Gasteiger partial charge in [0.2, 0.25) is 5.91 Å². The van der Waals surface area contributed by atoms with Gasteiger partial charge in [-0.3, -0.25) is 9.69 Å². The number of amides is 1. The molecule has 1 amide bonds. The number of hydrogen-bond donors (Lipinski definition) is 1. The predicted octanol–water partition coefficient (Wildman–Crippen LogP) is 3.78. The van der Waals surface area contributed by atoms with Gasteiger partial charge in [0.25, 0.3) is 0 Å². The third kappa shape index (κ3) is 2.84. The van der Waals surface area contributed by atoms with E-state index in [1.165, 1.54) is 40.9 Å². The maximum Gasteiger partial charge on any atom is 0.231 e. The number of nitriles is 1. The minimum atomic E-state index is -1.58. The Hall–Kier alpha value is -2.62. The topological polar surface area (TPSA) is 64.3 Å². The van der Waals surface area contributed by atoms with E-state index < -0.39 is 11.5 Å². The van der Waals surface area contributed by atoms with Gasteiger partial charge < -0.3 is 5.11 Å². The maximum atomic E-state index is 13.3. The van der Waals surface area contributed by atoms with E-state index in [1.54, 1.807) is 0 Å². The number of benzene rings is 2. The first-order valence-corrected chi connectivity index (χ1v) is 9.57. The summed E-state index contributed by atoms with van der Waals surface area (Å²) in [5, 5.41) is 21.5. The van der Waals surface area contributed by atoms with Gasteiger partial charge in [0.15, 0.2) is 5.72 Å². The first-order chi connectivity index (χ1) is 12.9. The molecule has 1 fully saturated rings. The van der Waals surface area contributed by atoms with E-state index in [0.717, 1.165) is 11.1 Å². The molecule has 6 heteroatoms. The van der Waals surface area contributed by atoms with E-state index in [-0.39, 0.29) is 24.0 Å². The van der Waals surface area contributed by atoms with Crippen LogP contribution in [0, 0.1) is 24.1 Å². The van der Waals surface area contributed by atoms with Crippen molar-refractivity contribution in [1.82, 2.24) is 4.90 Å². The third-order valence-electron chi connectivity index (χ3n) is 5.10. The summed E-state index contributed by atoms with van der Waals surface area (Å²) in [4.78, 5) is 14.3. The number of allylic oxidation sites excluding steroid dienone is 1. The normalized spacial score (nSPS) is 24.7. The fraction of sp³-hybridized carbons (Fsp3) is 0.238. The number of fused-ring (bicyclic) bond motifs is 1. The molecule has 0 radical (unpaired) electrons. The molecule has 0 spiro atoms. The standard InChI is InChI=1S/C21H17FN2O2S/c1-13-2-4-14(5-3-13)17-10-19(25)24-20(18(17)11-23)27-12-21(24,26)15-6-8-16(22)9-7-15/h2-9,17,26H,10,12H2,1H3/t17-,21+/m0/s1. The average Bonchev–Trinajstić information content (AvgIpc) is 3.02. The molecule has 0 bridgehead atoms. The summed E-state index contributed by atoms with van der Waals surface area (Å²) in [7, 11) is 0. The Balaban J connectivity index is 1.79. The predicted molar refractivity (Wildman–Crippen MR) is 101 cm³/mol. The van der Waals surface area contributed by atoms with Gasteiger partial charge in [0.1, 0.15) is 5.82 Å². The van der Waals surface area contributed by atoms with Crippen LogP contribution in [0.1, 0.15) is 29.0 Å². The Morgan fingerprint density at radius 3 is 2.52 bits per heavy atom. The lowest BCUT2D eigenvalue weighted by Crippen LogP contribution is -2.48. The summed E-state index contributed by atoms with van der Waals surface area (Å²) in [5.41, 5.74) is 1.36. The SMILES string of the molecule is Cc1ccc([C@@H]2CC(=O)N3C(=C2C#N)SC[C@@]3(O)c2ccc(F)cc2)cc1. The molecule has 0 aliphatic carbocycles. The molecular formula is C21H17FN2O2S. The molecule has 136 valence electrons. The van der Waals surface area contributed by atoms with Crippen molar-refractivity contribution in [2.45, 2.75) is 25.0 Å². The number of thioether (sulfide) groups is 1. The molecule has 2 aliphatic rings. The largest absolute Gasteiger partial charge is 0.366 e. The van der Waals surface area contributed by atoms with Gasteiger partial charge in [-0.05, 0) is 24.6 Å². The van der Waals surface area contributed by atoms with Gasteiger partial charge in [0, 0.05) is 17.9 Å². The molecular weight excluding hydrogens is 363 g/mol. The van der Waals surface area contributed by atoms with Crippen molar-refractivity contribution in [3.63, 3.8) is 0 Å². The monoisotopic (exact) mass is 380 g/mol. The molecule has 2 atom stereocenters. The highest BCUT2D eigenvalue weighted by atomic mass is 32.2. The average molecular weight is 380 g/mol. The first kappa shape index (κ1) is 17.8. The minimum absolute atomic E-state index is 0.111. The Morgan fingerprint density at radius 1 is 1.22 bits per heavy atom. The van der Waals surface area contributed by atoms with Gasteiger partial charge in [0.05, 0.1) is 22.4 Å². The van der Waals surface area contributed by atoms with E-state index >= 15 is 0 Å². The van der Waals surface area contributed by atoms with E-state index in [4.69, 9.17) is 0 Å². The zero-order valence-electron chi connectivity index (χ0n) is 14.6. The van der Waals surface area contributed by atoms with Gasteiger partial charge in [-0.2, -0.15) is 5.26 Å². The molecule has 2 aromatic rings. The van der Waals surface area contributed by atoms with Crippen molar-refractivity contribution in [3.05, 3.63) is 81.6 Å². The molecule has 0 aromatic heterocycles. The number of hydrogen-bond acceptors (Lipinski definition) is 4. The smallest absolute Gasteiger partial charge is 0.231 e. The Bertz CT molecular complexity index is 979. The zero-order chi connectivity index (χ0) is 19.2. The number of halogens is 1. The zero-order valence-corrected chi connectivity index (χ0v) is 15.5. The van der Waals surface area contributed by atoms with E-state index in [9.17, 15) is 19.6 Å². The highest BCUT2D eigenvalue weighted by Gasteiger charge is 2.51. The molecule has 2 aliphatic heterocycles. The number of nitrogens with zero attached hydrogens (tertiary/aromatic N) is 2. The van der Waals surface area contributed by atoms with Gasteiger partial charge in [-0.1, -0.05) is 42.0 Å². The van der Waals surface area contributed by atoms with Crippen LogP contribution in [-0.2, 0) is 10.5 Å². The summed E-state index contributed by atoms with van der Waals surface area (Å²) in [6.45, 7) is 1.98. The van der Waals surface area contributed by atoms with Crippen LogP contribution >= 0.6 is 11.8 Å². The van der Waals surface area contributed by atoms with Crippen LogP contribution in [0.25, 0.3) is 0 Å². The lowest BCUT2D eigenvalue weighted by Gasteiger charge is -2.38. The number of aryl methyl sites for hydroxylation is 1. The van der Waals surface area contributed by atoms with Gasteiger partial charge in [-0.15, -0.1) is 11.8 Å². The number of rotatable bonds is 2. The molecule has 2 aromatic carbocycles. The van der Waals surface area contributed by atoms with Crippen LogP contribution < -0.4 is 0 Å². The first-order valence-electron chi connectivity index (χ1n) is 8.59. The van der Waals surface area contributed by atoms with Crippen molar-refractivity contribution in [2.24, 2.45) is 0 Å². The Kier molecular flexibility index (Phi) is 4.29. The van der Waals surface area contributed by atoms with Crippen molar-refractivity contribution in [1.29, 1.82) is 5.26 Å². The second-order valence-corrected chi connectivity index (χ2v) is 7.80. The Morgan fingerprint density at radius 2 is 1.89 bits per heavy atom. The highest BCUT2D eigenvalue weighted by Crippen LogP contribution is 2.51. The summed E-state index contributed by atoms with van der Waals surface area (Å²) < 4.78 is 13.3. The van der Waals surface area contributed by atoms with Crippen LogP contribution in [0.4, 0.5) is 4.39 Å². The summed E-state index contributed by atoms with van der Waals surface area (Å²) in [6, 6.07) is 15.5. The lowest BCUT2D eigenvalue weighted by molar-refractivity contribution is -0.149. The summed E-state index contributed by atoms with van der Waals surface area (Å²) in [5.74, 6) is -0.777. The van der Waals surface area contributed by atoms with E-state index in [0.29, 0.717) is 16.2 Å². The molecule has 1 N–H and O–H groups in total. The molecule has 27 heavy (non-hydrogen) atoms. The van der Waals surface area contributed by atoms with Crippen molar-refractivity contribution in [3.8, 4) is 6.07 Å². The van der Waals surface area contributed by atoms with Gasteiger partial charge in [-0.25, -0.2) is 4.39 Å². The molecule has 4 rings (SSSR count). The fourth-order valence-corrected chi connectivity index (χ4v) is 5.00. The second-order valence-electron chi connectivity index (χ2n) is 6.84. The molecule has 4 nitrogen and oxygen atoms in total. The summed E-state index contributed by atoms with van der Waals surface area (Å²) >= 11 is 1.29. The van der Waals surface area contributed by atoms with Crippen LogP contribution in [0.15, 0.2) is 59.1 Å². The third-order valence-corrected chi connectivity index (χ3v) is 6.32. The van der Waals surface area contributed by atoms with Crippen LogP contribution in [-0.4, -0.2) is 21.7 Å².